The summed E-state index contributed by atoms with van der Waals surface area (Å²) in [5.41, 5.74) is -0.853. The van der Waals surface area contributed by atoms with Crippen molar-refractivity contribution in [1.29, 1.82) is 0 Å². The van der Waals surface area contributed by atoms with Crippen molar-refractivity contribution in [2.24, 2.45) is 0 Å². The fourth-order valence-corrected chi connectivity index (χ4v) is 2.34. The number of aryl methyl sites for hydroxylation is 1. The van der Waals surface area contributed by atoms with Crippen LogP contribution in [0.3, 0.4) is 0 Å². The van der Waals surface area contributed by atoms with Gasteiger partial charge in [-0.3, -0.25) is 9.88 Å². The molecule has 146 valence electrons. The number of pyridine rings is 2. The highest BCUT2D eigenvalue weighted by Crippen LogP contribution is 2.32. The van der Waals surface area contributed by atoms with Crippen LogP contribution in [-0.2, 0) is 23.9 Å². The largest absolute Gasteiger partial charge is 0.443 e. The molecule has 0 aromatic carbocycles. The van der Waals surface area contributed by atoms with Gasteiger partial charge in [0.1, 0.15) is 11.4 Å². The maximum absolute atomic E-state index is 13.3. The van der Waals surface area contributed by atoms with Crippen molar-refractivity contribution in [3.8, 4) is 0 Å². The van der Waals surface area contributed by atoms with Crippen LogP contribution in [0.25, 0.3) is 0 Å². The number of anilines is 1. The van der Waals surface area contributed by atoms with Crippen molar-refractivity contribution in [2.75, 3.05) is 4.90 Å². The highest BCUT2D eigenvalue weighted by Gasteiger charge is 2.35. The summed E-state index contributed by atoms with van der Waals surface area (Å²) >= 11 is 0. The lowest BCUT2D eigenvalue weighted by atomic mass is 10.1. The number of hydrogen-bond donors (Lipinski definition) is 0. The number of carbonyl (C=O) groups is 1. The van der Waals surface area contributed by atoms with Crippen molar-refractivity contribution in [3.05, 3.63) is 53.5 Å². The Balaban J connectivity index is 2.42. The quantitative estimate of drug-likeness (QED) is 0.748. The molecule has 0 aliphatic carbocycles. The molecule has 0 unspecified atom stereocenters. The van der Waals surface area contributed by atoms with E-state index in [9.17, 15) is 18.0 Å². The number of amides is 1. The Kier molecular flexibility index (Phi) is 6.08. The molecule has 5 nitrogen and oxygen atoms in total. The van der Waals surface area contributed by atoms with Gasteiger partial charge in [0.25, 0.3) is 0 Å². The van der Waals surface area contributed by atoms with E-state index in [4.69, 9.17) is 4.74 Å². The maximum Gasteiger partial charge on any atom is 0.416 e. The number of nitrogens with zero attached hydrogens (tertiary/aromatic N) is 3. The van der Waals surface area contributed by atoms with Crippen molar-refractivity contribution in [2.45, 2.75) is 52.4 Å². The highest BCUT2D eigenvalue weighted by molar-refractivity contribution is 5.86. The van der Waals surface area contributed by atoms with Gasteiger partial charge in [-0.05, 0) is 44.9 Å². The summed E-state index contributed by atoms with van der Waals surface area (Å²) in [5, 5.41) is 0. The van der Waals surface area contributed by atoms with Gasteiger partial charge in [-0.2, -0.15) is 13.2 Å². The number of alkyl halides is 3. The molecular weight excluding hydrogens is 359 g/mol. The number of carbonyl (C=O) groups excluding carboxylic acids is 1. The Morgan fingerprint density at radius 3 is 2.37 bits per heavy atom. The first-order chi connectivity index (χ1) is 12.5. The Morgan fingerprint density at radius 2 is 1.85 bits per heavy atom. The third-order valence-electron chi connectivity index (χ3n) is 3.65. The van der Waals surface area contributed by atoms with E-state index in [0.717, 1.165) is 35.3 Å². The third kappa shape index (κ3) is 5.67. The van der Waals surface area contributed by atoms with E-state index in [-0.39, 0.29) is 17.9 Å². The molecule has 8 heteroatoms. The van der Waals surface area contributed by atoms with Crippen LogP contribution in [0, 0.1) is 0 Å². The summed E-state index contributed by atoms with van der Waals surface area (Å²) in [5.74, 6) is 0.207. The molecule has 0 aliphatic rings. The minimum absolute atomic E-state index is 0.141. The van der Waals surface area contributed by atoms with E-state index < -0.39 is 23.4 Å². The van der Waals surface area contributed by atoms with Crippen LogP contribution in [0.1, 0.15) is 44.4 Å². The first-order valence-electron chi connectivity index (χ1n) is 8.47. The van der Waals surface area contributed by atoms with Gasteiger partial charge in [-0.15, -0.1) is 0 Å². The summed E-state index contributed by atoms with van der Waals surface area (Å²) in [6, 6.07) is 4.25. The van der Waals surface area contributed by atoms with Gasteiger partial charge in [0, 0.05) is 24.2 Å². The lowest BCUT2D eigenvalue weighted by Gasteiger charge is -2.27. The molecule has 2 aromatic rings. The van der Waals surface area contributed by atoms with E-state index in [1.165, 1.54) is 0 Å². The molecule has 27 heavy (non-hydrogen) atoms. The Bertz CT molecular complexity index is 784. The van der Waals surface area contributed by atoms with Crippen molar-refractivity contribution >= 4 is 11.9 Å². The molecule has 1 amide bonds. The summed E-state index contributed by atoms with van der Waals surface area (Å²) in [4.78, 5) is 21.7. The van der Waals surface area contributed by atoms with Gasteiger partial charge in [0.05, 0.1) is 12.1 Å². The monoisotopic (exact) mass is 381 g/mol. The topological polar surface area (TPSA) is 55.3 Å². The van der Waals surface area contributed by atoms with Crippen LogP contribution in [0.15, 0.2) is 36.8 Å². The van der Waals surface area contributed by atoms with Crippen LogP contribution in [0.4, 0.5) is 23.8 Å². The summed E-state index contributed by atoms with van der Waals surface area (Å²) in [6.45, 7) is 6.63. The first kappa shape index (κ1) is 20.7. The average Bonchev–Trinajstić information content (AvgIpc) is 2.57. The molecule has 2 heterocycles. The molecule has 2 rings (SSSR count). The van der Waals surface area contributed by atoms with Crippen LogP contribution in [0.2, 0.25) is 0 Å². The number of ether oxygens (including phenoxy) is 1. The third-order valence-corrected chi connectivity index (χ3v) is 3.65. The second-order valence-electron chi connectivity index (χ2n) is 6.98. The molecule has 2 aromatic heterocycles. The van der Waals surface area contributed by atoms with E-state index in [1.807, 2.05) is 6.92 Å². The lowest BCUT2D eigenvalue weighted by Crippen LogP contribution is -2.37. The van der Waals surface area contributed by atoms with Gasteiger partial charge in [-0.1, -0.05) is 13.0 Å². The Hall–Kier alpha value is -2.64. The van der Waals surface area contributed by atoms with Gasteiger partial charge in [0.2, 0.25) is 0 Å². The second-order valence-corrected chi connectivity index (χ2v) is 6.98. The van der Waals surface area contributed by atoms with Crippen LogP contribution < -0.4 is 4.90 Å². The van der Waals surface area contributed by atoms with E-state index >= 15 is 0 Å². The van der Waals surface area contributed by atoms with E-state index in [1.54, 1.807) is 39.1 Å². The summed E-state index contributed by atoms with van der Waals surface area (Å²) in [6.07, 6.45) is -0.839. The SMILES string of the molecule is CCc1ccc(N(Cc2cnccc2C(F)(F)F)C(=O)OC(C)(C)C)nc1. The number of halogens is 3. The Morgan fingerprint density at radius 1 is 1.15 bits per heavy atom. The molecule has 0 bridgehead atoms. The second kappa shape index (κ2) is 7.94. The zero-order valence-corrected chi connectivity index (χ0v) is 15.7. The molecule has 0 atom stereocenters. The zero-order chi connectivity index (χ0) is 20.2. The molecule has 0 spiro atoms. The fourth-order valence-electron chi connectivity index (χ4n) is 2.34. The van der Waals surface area contributed by atoms with Gasteiger partial charge in [0.15, 0.2) is 0 Å². The van der Waals surface area contributed by atoms with Gasteiger partial charge in [-0.25, -0.2) is 9.78 Å². The van der Waals surface area contributed by atoms with Crippen molar-refractivity contribution < 1.29 is 22.7 Å². The minimum Gasteiger partial charge on any atom is -0.443 e. The maximum atomic E-state index is 13.3. The normalized spacial score (nSPS) is 12.0. The molecule has 0 aliphatic heterocycles. The van der Waals surface area contributed by atoms with Gasteiger partial charge >= 0.3 is 12.3 Å². The average molecular weight is 381 g/mol. The summed E-state index contributed by atoms with van der Waals surface area (Å²) in [7, 11) is 0. The molecule has 0 fully saturated rings. The minimum atomic E-state index is -4.56. The smallest absolute Gasteiger partial charge is 0.416 e. The predicted molar refractivity (Wildman–Crippen MR) is 95.3 cm³/mol. The molecule has 0 saturated heterocycles. The van der Waals surface area contributed by atoms with Crippen LogP contribution in [0.5, 0.6) is 0 Å². The predicted octanol–water partition coefficient (Wildman–Crippen LogP) is 5.00. The highest BCUT2D eigenvalue weighted by atomic mass is 19.4. The molecular formula is C19H22F3N3O2. The Labute approximate surface area is 156 Å². The number of aromatic nitrogens is 2. The first-order valence-corrected chi connectivity index (χ1v) is 8.47. The van der Waals surface area contributed by atoms with Crippen molar-refractivity contribution in [1.82, 2.24) is 9.97 Å². The summed E-state index contributed by atoms with van der Waals surface area (Å²) < 4.78 is 45.2. The lowest BCUT2D eigenvalue weighted by molar-refractivity contribution is -0.138. The number of hydrogen-bond acceptors (Lipinski definition) is 4. The number of rotatable bonds is 4. The molecule has 0 radical (unpaired) electrons. The molecule has 0 N–H and O–H groups in total. The molecule has 0 saturated carbocycles. The van der Waals surface area contributed by atoms with Gasteiger partial charge < -0.3 is 4.74 Å². The van der Waals surface area contributed by atoms with Crippen molar-refractivity contribution in [3.63, 3.8) is 0 Å². The van der Waals surface area contributed by atoms with E-state index in [2.05, 4.69) is 9.97 Å². The van der Waals surface area contributed by atoms with E-state index in [0.29, 0.717) is 0 Å². The zero-order valence-electron chi connectivity index (χ0n) is 15.7. The fraction of sp³-hybridized carbons (Fsp3) is 0.421. The standard InChI is InChI=1S/C19H22F3N3O2/c1-5-13-6-7-16(24-10-13)25(17(26)27-18(2,3)4)12-14-11-23-9-8-15(14)19(20,21)22/h6-11H,5,12H2,1-4H3. The van der Waals surface area contributed by atoms with Crippen LogP contribution in [-0.4, -0.2) is 21.7 Å². The van der Waals surface area contributed by atoms with Crippen LogP contribution >= 0.6 is 0 Å².